The lowest BCUT2D eigenvalue weighted by Crippen LogP contribution is -2.34. The second kappa shape index (κ2) is 4.04. The maximum Gasteiger partial charge on any atom is 0.161 e. The molecule has 4 atom stereocenters. The van der Waals surface area contributed by atoms with E-state index in [1.54, 1.807) is 0 Å². The lowest BCUT2D eigenvalue weighted by atomic mass is 9.77. The molecule has 1 saturated heterocycles. The zero-order chi connectivity index (χ0) is 10.3. The second-order valence-corrected chi connectivity index (χ2v) is 5.20. The van der Waals surface area contributed by atoms with Gasteiger partial charge in [0.15, 0.2) is 6.29 Å². The highest BCUT2D eigenvalue weighted by molar-refractivity contribution is 4.97. The minimum Gasteiger partial charge on any atom is -0.396 e. The van der Waals surface area contributed by atoms with Gasteiger partial charge in [-0.15, -0.1) is 0 Å². The largest absolute Gasteiger partial charge is 0.396 e. The van der Waals surface area contributed by atoms with Gasteiger partial charge < -0.3 is 14.6 Å². The van der Waals surface area contributed by atoms with Crippen molar-refractivity contribution in [2.75, 3.05) is 19.8 Å². The second-order valence-electron chi connectivity index (χ2n) is 5.20. The summed E-state index contributed by atoms with van der Waals surface area (Å²) in [6.45, 7) is 1.83. The third-order valence-electron chi connectivity index (χ3n) is 4.58. The van der Waals surface area contributed by atoms with Gasteiger partial charge >= 0.3 is 0 Å². The fourth-order valence-electron chi connectivity index (χ4n) is 4.06. The average molecular weight is 212 g/mol. The molecule has 0 radical (unpaired) electrons. The summed E-state index contributed by atoms with van der Waals surface area (Å²) in [5.41, 5.74) is 0. The normalized spacial score (nSPS) is 45.4. The molecule has 0 amide bonds. The van der Waals surface area contributed by atoms with Gasteiger partial charge in [0.2, 0.25) is 0 Å². The minimum absolute atomic E-state index is 0.0387. The zero-order valence-electron chi connectivity index (χ0n) is 9.10. The summed E-state index contributed by atoms with van der Waals surface area (Å²) in [5.74, 6) is 2.85. The van der Waals surface area contributed by atoms with E-state index in [4.69, 9.17) is 14.6 Å². The van der Waals surface area contributed by atoms with Crippen molar-refractivity contribution in [3.8, 4) is 0 Å². The van der Waals surface area contributed by atoms with Gasteiger partial charge in [-0.3, -0.25) is 0 Å². The SMILES string of the molecule is OCC[C@H]1[C@H]2CC[C@H](C2)[C@@H]1C1OCCO1. The first kappa shape index (κ1) is 10.1. The highest BCUT2D eigenvalue weighted by Gasteiger charge is 2.51. The van der Waals surface area contributed by atoms with Gasteiger partial charge in [0.1, 0.15) is 0 Å². The van der Waals surface area contributed by atoms with Crippen molar-refractivity contribution in [2.24, 2.45) is 23.7 Å². The monoisotopic (exact) mass is 212 g/mol. The van der Waals surface area contributed by atoms with Gasteiger partial charge in [0, 0.05) is 12.5 Å². The molecule has 0 aromatic rings. The predicted molar refractivity (Wildman–Crippen MR) is 55.2 cm³/mol. The molecule has 0 aromatic heterocycles. The van der Waals surface area contributed by atoms with Crippen molar-refractivity contribution >= 4 is 0 Å². The van der Waals surface area contributed by atoms with Crippen LogP contribution in [0.2, 0.25) is 0 Å². The van der Waals surface area contributed by atoms with Crippen molar-refractivity contribution < 1.29 is 14.6 Å². The highest BCUT2D eigenvalue weighted by atomic mass is 16.7. The maximum atomic E-state index is 9.13. The van der Waals surface area contributed by atoms with Crippen LogP contribution in [0.3, 0.4) is 0 Å². The Bertz CT molecular complexity index is 225. The molecule has 1 N–H and O–H groups in total. The molecule has 3 heteroatoms. The molecule has 0 aromatic carbocycles. The maximum absolute atomic E-state index is 9.13. The number of aliphatic hydroxyl groups excluding tert-OH is 1. The molecule has 15 heavy (non-hydrogen) atoms. The van der Waals surface area contributed by atoms with Crippen LogP contribution >= 0.6 is 0 Å². The third-order valence-corrected chi connectivity index (χ3v) is 4.58. The molecule has 3 nitrogen and oxygen atoms in total. The zero-order valence-corrected chi connectivity index (χ0v) is 9.10. The first-order chi connectivity index (χ1) is 7.40. The fourth-order valence-corrected chi connectivity index (χ4v) is 4.06. The number of ether oxygens (including phenoxy) is 2. The van der Waals surface area contributed by atoms with E-state index in [1.165, 1.54) is 19.3 Å². The van der Waals surface area contributed by atoms with Crippen LogP contribution in [-0.4, -0.2) is 31.2 Å². The van der Waals surface area contributed by atoms with Crippen LogP contribution in [0, 0.1) is 23.7 Å². The van der Waals surface area contributed by atoms with E-state index in [0.29, 0.717) is 18.4 Å². The molecule has 1 aliphatic heterocycles. The van der Waals surface area contributed by atoms with Gasteiger partial charge in [-0.25, -0.2) is 0 Å². The first-order valence-corrected chi connectivity index (χ1v) is 6.24. The Balaban J connectivity index is 1.73. The summed E-state index contributed by atoms with van der Waals surface area (Å²) < 4.78 is 11.3. The Hall–Kier alpha value is -0.120. The van der Waals surface area contributed by atoms with Gasteiger partial charge in [-0.1, -0.05) is 0 Å². The molecule has 1 heterocycles. The molecule has 3 rings (SSSR count). The van der Waals surface area contributed by atoms with Crippen LogP contribution in [0.4, 0.5) is 0 Å². The van der Waals surface area contributed by atoms with E-state index in [-0.39, 0.29) is 6.29 Å². The van der Waals surface area contributed by atoms with Crippen molar-refractivity contribution in [3.63, 3.8) is 0 Å². The molecular formula is C12H20O3. The van der Waals surface area contributed by atoms with Crippen LogP contribution in [0.15, 0.2) is 0 Å². The number of hydrogen-bond acceptors (Lipinski definition) is 3. The Morgan fingerprint density at radius 3 is 2.53 bits per heavy atom. The van der Waals surface area contributed by atoms with Crippen molar-refractivity contribution in [1.82, 2.24) is 0 Å². The molecule has 3 fully saturated rings. The number of fused-ring (bicyclic) bond motifs is 2. The van der Waals surface area contributed by atoms with E-state index in [1.807, 2.05) is 0 Å². The van der Waals surface area contributed by atoms with E-state index in [0.717, 1.165) is 31.5 Å². The minimum atomic E-state index is 0.0387. The molecule has 86 valence electrons. The van der Waals surface area contributed by atoms with Crippen molar-refractivity contribution in [2.45, 2.75) is 32.0 Å². The molecule has 0 unspecified atom stereocenters. The number of hydrogen-bond donors (Lipinski definition) is 1. The topological polar surface area (TPSA) is 38.7 Å². The molecule has 2 aliphatic carbocycles. The lowest BCUT2D eigenvalue weighted by Gasteiger charge is -2.33. The summed E-state index contributed by atoms with van der Waals surface area (Å²) in [7, 11) is 0. The van der Waals surface area contributed by atoms with Crippen LogP contribution in [-0.2, 0) is 9.47 Å². The molecule has 2 bridgehead atoms. The predicted octanol–water partition coefficient (Wildman–Crippen LogP) is 1.40. The van der Waals surface area contributed by atoms with Gasteiger partial charge in [-0.2, -0.15) is 0 Å². The summed E-state index contributed by atoms with van der Waals surface area (Å²) in [6, 6.07) is 0. The van der Waals surface area contributed by atoms with Crippen LogP contribution in [0.25, 0.3) is 0 Å². The summed E-state index contributed by atoms with van der Waals surface area (Å²) >= 11 is 0. The van der Waals surface area contributed by atoms with E-state index >= 15 is 0 Å². The molecule has 2 saturated carbocycles. The first-order valence-electron chi connectivity index (χ1n) is 6.24. The lowest BCUT2D eigenvalue weighted by molar-refractivity contribution is -0.115. The molecule has 0 spiro atoms. The Morgan fingerprint density at radius 2 is 1.80 bits per heavy atom. The van der Waals surface area contributed by atoms with E-state index < -0.39 is 0 Å². The van der Waals surface area contributed by atoms with Crippen LogP contribution in [0.5, 0.6) is 0 Å². The van der Waals surface area contributed by atoms with Crippen molar-refractivity contribution in [1.29, 1.82) is 0 Å². The third kappa shape index (κ3) is 1.61. The van der Waals surface area contributed by atoms with Crippen LogP contribution < -0.4 is 0 Å². The number of aliphatic hydroxyl groups is 1. The summed E-state index contributed by atoms with van der Waals surface area (Å²) in [4.78, 5) is 0. The van der Waals surface area contributed by atoms with E-state index in [9.17, 15) is 0 Å². The fraction of sp³-hybridized carbons (Fsp3) is 1.00. The highest BCUT2D eigenvalue weighted by Crippen LogP contribution is 2.55. The van der Waals surface area contributed by atoms with Gasteiger partial charge in [-0.05, 0) is 43.4 Å². The quantitative estimate of drug-likeness (QED) is 0.768. The summed E-state index contributed by atoms with van der Waals surface area (Å²) in [5, 5.41) is 9.13. The Kier molecular flexibility index (Phi) is 2.71. The Morgan fingerprint density at radius 1 is 1.07 bits per heavy atom. The number of rotatable bonds is 3. The smallest absolute Gasteiger partial charge is 0.161 e. The Labute approximate surface area is 90.8 Å². The summed E-state index contributed by atoms with van der Waals surface area (Å²) in [6.07, 6.45) is 5.03. The molecular weight excluding hydrogens is 192 g/mol. The van der Waals surface area contributed by atoms with Gasteiger partial charge in [0.25, 0.3) is 0 Å². The standard InChI is InChI=1S/C12H20O3/c13-4-3-10-8-1-2-9(7-8)11(10)12-14-5-6-15-12/h8-13H,1-7H2/t8-,9+,10-,11-/m0/s1. The van der Waals surface area contributed by atoms with Gasteiger partial charge in [0.05, 0.1) is 13.2 Å². The molecule has 3 aliphatic rings. The van der Waals surface area contributed by atoms with E-state index in [2.05, 4.69) is 0 Å². The van der Waals surface area contributed by atoms with Crippen LogP contribution in [0.1, 0.15) is 25.7 Å². The average Bonchev–Trinajstić information content (AvgIpc) is 2.93. The van der Waals surface area contributed by atoms with Crippen molar-refractivity contribution in [3.05, 3.63) is 0 Å².